The van der Waals surface area contributed by atoms with Gasteiger partial charge in [-0.25, -0.2) is 19.7 Å². The molecule has 2 saturated heterocycles. The van der Waals surface area contributed by atoms with Crippen LogP contribution in [-0.4, -0.2) is 85.6 Å². The second-order valence-corrected chi connectivity index (χ2v) is 10.0. The van der Waals surface area contributed by atoms with Crippen LogP contribution >= 0.6 is 34.2 Å². The molecule has 0 saturated carbocycles. The molecule has 2 aliphatic heterocycles. The maximum absolute atomic E-state index is 9.45. The van der Waals surface area contributed by atoms with Crippen LogP contribution in [0.15, 0.2) is 12.7 Å². The average molecular weight is 650 g/mol. The maximum atomic E-state index is 9.45. The predicted octanol–water partition coefficient (Wildman–Crippen LogP) is -0.457. The number of imidazole rings is 2. The van der Waals surface area contributed by atoms with Crippen molar-refractivity contribution in [3.05, 3.63) is 17.8 Å². The lowest BCUT2D eigenvalue weighted by Crippen LogP contribution is -2.34. The summed E-state index contributed by atoms with van der Waals surface area (Å²) in [5.41, 5.74) is 18.7. The molecule has 37 heavy (non-hydrogen) atoms. The number of nitrogens with two attached hydrogens (primary N) is 3. The normalized spacial score (nSPS) is 25.6. The van der Waals surface area contributed by atoms with E-state index < -0.39 is 16.1 Å². The summed E-state index contributed by atoms with van der Waals surface area (Å²) in [6, 6.07) is -0.295. The molecule has 2 aliphatic rings. The lowest BCUT2D eigenvalue weighted by Gasteiger charge is -2.23. The molecule has 0 bridgehead atoms. The number of hydrogen-bond acceptors (Lipinski definition) is 15. The van der Waals surface area contributed by atoms with Crippen molar-refractivity contribution >= 4 is 74.2 Å². The van der Waals surface area contributed by atoms with E-state index in [2.05, 4.69) is 29.9 Å². The molecule has 0 radical (unpaired) electrons. The molecule has 8 N–H and O–H groups in total. The summed E-state index contributed by atoms with van der Waals surface area (Å²) < 4.78 is 13.1. The number of nitrogen functional groups attached to an aromatic ring is 3. The van der Waals surface area contributed by atoms with Gasteiger partial charge in [0.15, 0.2) is 38.4 Å². The van der Waals surface area contributed by atoms with Crippen molar-refractivity contribution in [2.45, 2.75) is 22.2 Å². The Hall–Kier alpha value is -2.72. The highest BCUT2D eigenvalue weighted by Crippen LogP contribution is 2.40. The Bertz CT molecular complexity index is 1440. The van der Waals surface area contributed by atoms with Crippen molar-refractivity contribution in [2.24, 2.45) is 0 Å². The predicted molar refractivity (Wildman–Crippen MR) is 136 cm³/mol. The summed E-state index contributed by atoms with van der Waals surface area (Å²) in [7, 11) is 0. The third-order valence-electron chi connectivity index (χ3n) is 5.53. The number of alkyl halides is 1. The fourth-order valence-electron chi connectivity index (χ4n) is 3.77. The third kappa shape index (κ3) is 4.81. The molecule has 2 fully saturated rings. The molecule has 6 heterocycles. The second-order valence-electron chi connectivity index (χ2n) is 7.85. The van der Waals surface area contributed by atoms with Gasteiger partial charge in [0, 0.05) is 0 Å². The van der Waals surface area contributed by atoms with Gasteiger partial charge in [-0.1, -0.05) is 11.6 Å². The first-order chi connectivity index (χ1) is 17.7. The quantitative estimate of drug-likeness (QED) is 0.0813. The third-order valence-corrected chi connectivity index (χ3v) is 7.03. The maximum Gasteiger partial charge on any atom is 0.224 e. The lowest BCUT2D eigenvalue weighted by atomic mass is 10.2. The Kier molecular flexibility index (Phi) is 7.15. The molecular formula is C18H21ClIN11O6. The highest BCUT2D eigenvalue weighted by molar-refractivity contribution is 14.1. The molecule has 19 heteroatoms. The van der Waals surface area contributed by atoms with Gasteiger partial charge in [-0.3, -0.25) is 4.57 Å². The Morgan fingerprint density at radius 2 is 1.68 bits per heavy atom. The zero-order valence-corrected chi connectivity index (χ0v) is 21.7. The van der Waals surface area contributed by atoms with Gasteiger partial charge in [-0.05, 0) is 22.6 Å². The van der Waals surface area contributed by atoms with Gasteiger partial charge in [-0.15, -0.1) is 0 Å². The average Bonchev–Trinajstić information content (AvgIpc) is 3.64. The highest BCUT2D eigenvalue weighted by Gasteiger charge is 2.46. The standard InChI is InChI=1S/C9H10ClN5O3.C9H11IN6O3/c10-7-6-8(14-9(11)13-7)15(3-12-6)4-2-17-5(1-16)18-4;10-9(2-17)4(1-18-19-9)16-3-13-5-6(11)14-8(12)15-7(5)16/h3-5,16H,1-2H2,(H2,11,13,14);3-4,17H,1-2H2,(H4,11,12,14,15). The van der Waals surface area contributed by atoms with Crippen molar-refractivity contribution in [1.82, 2.24) is 39.0 Å². The lowest BCUT2D eigenvalue weighted by molar-refractivity contribution is -0.284. The summed E-state index contributed by atoms with van der Waals surface area (Å²) >= 11 is 7.91. The monoisotopic (exact) mass is 649 g/mol. The zero-order valence-electron chi connectivity index (χ0n) is 18.8. The van der Waals surface area contributed by atoms with Crippen LogP contribution in [0.3, 0.4) is 0 Å². The van der Waals surface area contributed by atoms with E-state index in [0.717, 1.165) is 0 Å². The van der Waals surface area contributed by atoms with Crippen molar-refractivity contribution in [3.8, 4) is 0 Å². The first kappa shape index (κ1) is 25.9. The summed E-state index contributed by atoms with van der Waals surface area (Å²) in [5.74, 6) is 0.339. The highest BCUT2D eigenvalue weighted by atomic mass is 127. The summed E-state index contributed by atoms with van der Waals surface area (Å²) in [6.07, 6.45) is 2.03. The van der Waals surface area contributed by atoms with E-state index in [-0.39, 0.29) is 55.3 Å². The van der Waals surface area contributed by atoms with Gasteiger partial charge in [-0.2, -0.15) is 19.9 Å². The van der Waals surface area contributed by atoms with Gasteiger partial charge >= 0.3 is 0 Å². The van der Waals surface area contributed by atoms with Crippen LogP contribution in [0.2, 0.25) is 5.15 Å². The van der Waals surface area contributed by atoms with Crippen LogP contribution < -0.4 is 17.2 Å². The van der Waals surface area contributed by atoms with E-state index in [4.69, 9.17) is 53.2 Å². The van der Waals surface area contributed by atoms with E-state index in [1.807, 2.05) is 22.6 Å². The molecular weight excluding hydrogens is 629 g/mol. The minimum absolute atomic E-state index is 0.0619. The van der Waals surface area contributed by atoms with Gasteiger partial charge in [0.25, 0.3) is 0 Å². The van der Waals surface area contributed by atoms with Crippen LogP contribution in [0.25, 0.3) is 22.3 Å². The van der Waals surface area contributed by atoms with Crippen molar-refractivity contribution in [3.63, 3.8) is 0 Å². The number of aliphatic hydroxyl groups is 2. The van der Waals surface area contributed by atoms with E-state index in [0.29, 0.717) is 22.3 Å². The number of aliphatic hydroxyl groups excluding tert-OH is 2. The van der Waals surface area contributed by atoms with Gasteiger partial charge in [0.2, 0.25) is 11.9 Å². The van der Waals surface area contributed by atoms with Crippen LogP contribution in [0.5, 0.6) is 0 Å². The smallest absolute Gasteiger partial charge is 0.224 e. The Labute approximate surface area is 225 Å². The molecule has 4 unspecified atom stereocenters. The summed E-state index contributed by atoms with van der Waals surface area (Å²) in [5, 5.41) is 18.6. The molecule has 0 aliphatic carbocycles. The molecule has 4 atom stereocenters. The molecule has 198 valence electrons. The SMILES string of the molecule is Nc1nc(Cl)c2ncn(C3COC(CO)O3)c2n1.Nc1nc(N)c2ncn(C3COOC3(I)CO)c2n1. The fourth-order valence-corrected chi connectivity index (χ4v) is 4.60. The molecule has 6 rings (SSSR count). The van der Waals surface area contributed by atoms with Crippen molar-refractivity contribution in [2.75, 3.05) is 43.6 Å². The first-order valence-electron chi connectivity index (χ1n) is 10.6. The molecule has 0 spiro atoms. The van der Waals surface area contributed by atoms with Crippen LogP contribution in [-0.2, 0) is 19.2 Å². The number of rotatable bonds is 4. The van der Waals surface area contributed by atoms with E-state index in [1.165, 1.54) is 6.33 Å². The van der Waals surface area contributed by atoms with Gasteiger partial charge < -0.3 is 41.5 Å². The van der Waals surface area contributed by atoms with E-state index in [9.17, 15) is 5.11 Å². The number of aromatic nitrogens is 8. The molecule has 0 aromatic carbocycles. The number of ether oxygens (including phenoxy) is 2. The van der Waals surface area contributed by atoms with Crippen LogP contribution in [0.4, 0.5) is 17.7 Å². The van der Waals surface area contributed by atoms with E-state index in [1.54, 1.807) is 15.5 Å². The minimum atomic E-state index is -0.903. The largest absolute Gasteiger partial charge is 0.392 e. The van der Waals surface area contributed by atoms with Crippen LogP contribution in [0, 0.1) is 0 Å². The second kappa shape index (κ2) is 10.2. The van der Waals surface area contributed by atoms with Crippen molar-refractivity contribution in [1.29, 1.82) is 0 Å². The Morgan fingerprint density at radius 3 is 2.38 bits per heavy atom. The summed E-state index contributed by atoms with van der Waals surface area (Å²) in [6.45, 7) is 0.131. The van der Waals surface area contributed by atoms with Gasteiger partial charge in [0.05, 0.1) is 32.5 Å². The molecule has 4 aromatic rings. The van der Waals surface area contributed by atoms with Gasteiger partial charge in [0.1, 0.15) is 23.7 Å². The number of hydrogen-bond donors (Lipinski definition) is 5. The molecule has 4 aromatic heterocycles. The number of nitrogens with zero attached hydrogens (tertiary/aromatic N) is 8. The number of anilines is 3. The Morgan fingerprint density at radius 1 is 1.00 bits per heavy atom. The van der Waals surface area contributed by atoms with Crippen LogP contribution in [0.1, 0.15) is 12.3 Å². The summed E-state index contributed by atoms with van der Waals surface area (Å²) in [4.78, 5) is 34.2. The fraction of sp³-hybridized carbons (Fsp3) is 0.444. The van der Waals surface area contributed by atoms with E-state index >= 15 is 0 Å². The van der Waals surface area contributed by atoms with Crippen molar-refractivity contribution < 1.29 is 29.5 Å². The minimum Gasteiger partial charge on any atom is -0.392 e. The Balaban J connectivity index is 0.000000152. The molecule has 0 amide bonds. The first-order valence-corrected chi connectivity index (χ1v) is 12.1. The molecule has 17 nitrogen and oxygen atoms in total. The number of halogens is 2. The zero-order chi connectivity index (χ0) is 26.3. The number of fused-ring (bicyclic) bond motifs is 2. The topological polar surface area (TPSA) is 243 Å².